The first kappa shape index (κ1) is 14.9. The van der Waals surface area contributed by atoms with Crippen LogP contribution in [0.5, 0.6) is 0 Å². The molecule has 0 saturated heterocycles. The highest BCUT2D eigenvalue weighted by Crippen LogP contribution is 2.17. The summed E-state index contributed by atoms with van der Waals surface area (Å²) in [5.74, 6) is 0.0899. The minimum Gasteiger partial charge on any atom is -0.365 e. The number of anilines is 1. The van der Waals surface area contributed by atoms with Gasteiger partial charge in [-0.3, -0.25) is 0 Å². The zero-order chi connectivity index (χ0) is 13.8. The Kier molecular flexibility index (Phi) is 5.08. The summed E-state index contributed by atoms with van der Waals surface area (Å²) in [5.41, 5.74) is 0.616. The van der Waals surface area contributed by atoms with Crippen LogP contribution in [0.3, 0.4) is 0 Å². The number of hydrogen-bond donors (Lipinski definition) is 2. The molecule has 2 N–H and O–H groups in total. The average Bonchev–Trinajstić information content (AvgIpc) is 2.29. The molecule has 1 aromatic rings. The van der Waals surface area contributed by atoms with Gasteiger partial charge in [0, 0.05) is 29.9 Å². The van der Waals surface area contributed by atoms with E-state index >= 15 is 0 Å². The molecule has 0 amide bonds. The molecule has 102 valence electrons. The van der Waals surface area contributed by atoms with E-state index < -0.39 is 0 Å². The molecule has 1 unspecified atom stereocenters. The highest BCUT2D eigenvalue weighted by molar-refractivity contribution is 5.40. The van der Waals surface area contributed by atoms with E-state index in [2.05, 4.69) is 43.3 Å². The SMILES string of the molecule is CCC(C)Nc1nccc(CNC(C)(C)C)c1F. The Labute approximate surface area is 109 Å². The molecule has 1 heterocycles. The van der Waals surface area contributed by atoms with Gasteiger partial charge in [-0.25, -0.2) is 9.37 Å². The third-order valence-electron chi connectivity index (χ3n) is 2.77. The summed E-state index contributed by atoms with van der Waals surface area (Å²) in [6.45, 7) is 10.8. The molecule has 4 heteroatoms. The molecule has 1 rings (SSSR count). The average molecular weight is 253 g/mol. The molecular formula is C14H24FN3. The second-order valence-corrected chi connectivity index (χ2v) is 5.69. The molecule has 0 saturated carbocycles. The molecule has 1 aromatic heterocycles. The number of halogens is 1. The Morgan fingerprint density at radius 3 is 2.61 bits per heavy atom. The maximum Gasteiger partial charge on any atom is 0.169 e. The third kappa shape index (κ3) is 4.61. The zero-order valence-electron chi connectivity index (χ0n) is 12.0. The van der Waals surface area contributed by atoms with Crippen molar-refractivity contribution in [3.05, 3.63) is 23.6 Å². The fraction of sp³-hybridized carbons (Fsp3) is 0.643. The molecule has 0 spiro atoms. The lowest BCUT2D eigenvalue weighted by molar-refractivity contribution is 0.418. The van der Waals surface area contributed by atoms with E-state index in [-0.39, 0.29) is 17.4 Å². The summed E-state index contributed by atoms with van der Waals surface area (Å²) in [6, 6.07) is 1.94. The van der Waals surface area contributed by atoms with Crippen LogP contribution in [0.4, 0.5) is 10.2 Å². The van der Waals surface area contributed by atoms with Gasteiger partial charge >= 0.3 is 0 Å². The first-order chi connectivity index (χ1) is 8.33. The lowest BCUT2D eigenvalue weighted by Crippen LogP contribution is -2.35. The van der Waals surface area contributed by atoms with Crippen LogP contribution in [-0.4, -0.2) is 16.6 Å². The minimum atomic E-state index is -0.255. The molecule has 0 radical (unpaired) electrons. The van der Waals surface area contributed by atoms with Crippen LogP contribution in [-0.2, 0) is 6.54 Å². The van der Waals surface area contributed by atoms with Crippen LogP contribution in [0.2, 0.25) is 0 Å². The molecule has 18 heavy (non-hydrogen) atoms. The van der Waals surface area contributed by atoms with Crippen molar-refractivity contribution in [2.45, 2.75) is 59.2 Å². The largest absolute Gasteiger partial charge is 0.365 e. The van der Waals surface area contributed by atoms with Crippen molar-refractivity contribution >= 4 is 5.82 Å². The Balaban J connectivity index is 2.78. The predicted octanol–water partition coefficient (Wildman–Crippen LogP) is 3.32. The van der Waals surface area contributed by atoms with Gasteiger partial charge in [-0.05, 0) is 40.2 Å². The predicted molar refractivity (Wildman–Crippen MR) is 74.2 cm³/mol. The number of nitrogens with one attached hydrogen (secondary N) is 2. The number of rotatable bonds is 5. The third-order valence-corrected chi connectivity index (χ3v) is 2.77. The van der Waals surface area contributed by atoms with Crippen molar-refractivity contribution in [3.63, 3.8) is 0 Å². The van der Waals surface area contributed by atoms with E-state index in [1.807, 2.05) is 6.92 Å². The quantitative estimate of drug-likeness (QED) is 0.845. The van der Waals surface area contributed by atoms with Gasteiger partial charge in [-0.2, -0.15) is 0 Å². The molecule has 1 atom stereocenters. The summed E-state index contributed by atoms with van der Waals surface area (Å²) >= 11 is 0. The first-order valence-corrected chi connectivity index (χ1v) is 6.48. The summed E-state index contributed by atoms with van der Waals surface area (Å²) in [4.78, 5) is 4.06. The van der Waals surface area contributed by atoms with E-state index in [4.69, 9.17) is 0 Å². The van der Waals surface area contributed by atoms with Crippen LogP contribution >= 0.6 is 0 Å². The smallest absolute Gasteiger partial charge is 0.169 e. The zero-order valence-corrected chi connectivity index (χ0v) is 12.0. The van der Waals surface area contributed by atoms with E-state index in [9.17, 15) is 4.39 Å². The maximum atomic E-state index is 14.2. The van der Waals surface area contributed by atoms with Crippen LogP contribution < -0.4 is 10.6 Å². The van der Waals surface area contributed by atoms with Gasteiger partial charge in [0.25, 0.3) is 0 Å². The molecule has 0 aliphatic carbocycles. The normalized spacial score (nSPS) is 13.4. The van der Waals surface area contributed by atoms with E-state index in [1.165, 1.54) is 0 Å². The number of aromatic nitrogens is 1. The van der Waals surface area contributed by atoms with Crippen LogP contribution in [0.15, 0.2) is 12.3 Å². The van der Waals surface area contributed by atoms with Crippen molar-refractivity contribution in [2.75, 3.05) is 5.32 Å². The standard InChI is InChI=1S/C14H24FN3/c1-6-10(2)18-13-12(15)11(7-8-16-13)9-17-14(3,4)5/h7-8,10,17H,6,9H2,1-5H3,(H,16,18). The fourth-order valence-corrected chi connectivity index (χ4v) is 1.42. The number of hydrogen-bond acceptors (Lipinski definition) is 3. The molecule has 0 aliphatic heterocycles. The Morgan fingerprint density at radius 2 is 2.06 bits per heavy atom. The Hall–Kier alpha value is -1.16. The first-order valence-electron chi connectivity index (χ1n) is 6.48. The van der Waals surface area contributed by atoms with Crippen molar-refractivity contribution in [1.82, 2.24) is 10.3 Å². The van der Waals surface area contributed by atoms with Gasteiger partial charge < -0.3 is 10.6 Å². The maximum absolute atomic E-state index is 14.2. The van der Waals surface area contributed by atoms with Gasteiger partial charge in [-0.15, -0.1) is 0 Å². The summed E-state index contributed by atoms with van der Waals surface area (Å²) in [7, 11) is 0. The molecule has 3 nitrogen and oxygen atoms in total. The summed E-state index contributed by atoms with van der Waals surface area (Å²) in [5, 5.41) is 6.36. The number of nitrogens with zero attached hydrogens (tertiary/aromatic N) is 1. The Bertz CT molecular complexity index is 385. The second kappa shape index (κ2) is 6.14. The topological polar surface area (TPSA) is 37.0 Å². The minimum absolute atomic E-state index is 0.0278. The van der Waals surface area contributed by atoms with Gasteiger partial charge in [-0.1, -0.05) is 6.92 Å². The van der Waals surface area contributed by atoms with Crippen LogP contribution in [0, 0.1) is 5.82 Å². The van der Waals surface area contributed by atoms with Gasteiger partial charge in [0.15, 0.2) is 11.6 Å². The van der Waals surface area contributed by atoms with Crippen molar-refractivity contribution in [2.24, 2.45) is 0 Å². The van der Waals surface area contributed by atoms with E-state index in [0.29, 0.717) is 17.9 Å². The van der Waals surface area contributed by atoms with Gasteiger partial charge in [0.2, 0.25) is 0 Å². The fourth-order valence-electron chi connectivity index (χ4n) is 1.42. The van der Waals surface area contributed by atoms with Crippen molar-refractivity contribution < 1.29 is 4.39 Å². The number of pyridine rings is 1. The summed E-state index contributed by atoms with van der Waals surface area (Å²) < 4.78 is 14.2. The molecule has 0 aromatic carbocycles. The molecular weight excluding hydrogens is 229 g/mol. The second-order valence-electron chi connectivity index (χ2n) is 5.69. The molecule has 0 bridgehead atoms. The van der Waals surface area contributed by atoms with Crippen LogP contribution in [0.25, 0.3) is 0 Å². The molecule has 0 fully saturated rings. The lowest BCUT2D eigenvalue weighted by Gasteiger charge is -2.21. The van der Waals surface area contributed by atoms with Crippen LogP contribution in [0.1, 0.15) is 46.6 Å². The Morgan fingerprint density at radius 1 is 1.39 bits per heavy atom. The summed E-state index contributed by atoms with van der Waals surface area (Å²) in [6.07, 6.45) is 2.58. The van der Waals surface area contributed by atoms with E-state index in [1.54, 1.807) is 12.3 Å². The van der Waals surface area contributed by atoms with Gasteiger partial charge in [0.1, 0.15) is 0 Å². The lowest BCUT2D eigenvalue weighted by atomic mass is 10.1. The van der Waals surface area contributed by atoms with Gasteiger partial charge in [0.05, 0.1) is 0 Å². The van der Waals surface area contributed by atoms with Crippen molar-refractivity contribution in [3.8, 4) is 0 Å². The monoisotopic (exact) mass is 253 g/mol. The highest BCUT2D eigenvalue weighted by Gasteiger charge is 2.14. The molecule has 0 aliphatic rings. The van der Waals surface area contributed by atoms with Crippen molar-refractivity contribution in [1.29, 1.82) is 0 Å². The highest BCUT2D eigenvalue weighted by atomic mass is 19.1. The van der Waals surface area contributed by atoms with E-state index in [0.717, 1.165) is 6.42 Å².